The molecule has 0 saturated heterocycles. The number of fused-ring (bicyclic) bond motifs is 1. The monoisotopic (exact) mass is 138 g/mol. The van der Waals surface area contributed by atoms with Gasteiger partial charge in [-0.05, 0) is 23.7 Å². The quantitative estimate of drug-likeness (QED) is 0.504. The standard InChI is InChI=1S/C9H14O/c1-9(2)7-5-3-4-6(7)8(9)10/h3,5-8,10H,4H2,1-2H3. The van der Waals surface area contributed by atoms with E-state index in [1.165, 1.54) is 0 Å². The predicted molar refractivity (Wildman–Crippen MR) is 40.5 cm³/mol. The summed E-state index contributed by atoms with van der Waals surface area (Å²) in [5.41, 5.74) is 0.150. The summed E-state index contributed by atoms with van der Waals surface area (Å²) in [6.45, 7) is 4.29. The van der Waals surface area contributed by atoms with E-state index in [2.05, 4.69) is 26.0 Å². The zero-order valence-electron chi connectivity index (χ0n) is 6.54. The maximum atomic E-state index is 9.61. The van der Waals surface area contributed by atoms with Crippen molar-refractivity contribution in [1.82, 2.24) is 0 Å². The molecule has 1 saturated carbocycles. The summed E-state index contributed by atoms with van der Waals surface area (Å²) in [6.07, 6.45) is 5.49. The van der Waals surface area contributed by atoms with Gasteiger partial charge in [-0.3, -0.25) is 0 Å². The van der Waals surface area contributed by atoms with Gasteiger partial charge >= 0.3 is 0 Å². The van der Waals surface area contributed by atoms with Crippen molar-refractivity contribution in [2.24, 2.45) is 17.3 Å². The van der Waals surface area contributed by atoms with Crippen molar-refractivity contribution in [3.05, 3.63) is 12.2 Å². The Hall–Kier alpha value is -0.300. The zero-order chi connectivity index (χ0) is 7.35. The van der Waals surface area contributed by atoms with Crippen molar-refractivity contribution >= 4 is 0 Å². The summed E-state index contributed by atoms with van der Waals surface area (Å²) in [5, 5.41) is 9.61. The molecular weight excluding hydrogens is 124 g/mol. The normalized spacial score (nSPS) is 48.5. The minimum atomic E-state index is -0.0625. The molecule has 1 nitrogen and oxygen atoms in total. The fourth-order valence-corrected chi connectivity index (χ4v) is 2.43. The van der Waals surface area contributed by atoms with Crippen LogP contribution in [0.5, 0.6) is 0 Å². The molecule has 0 heterocycles. The molecule has 3 atom stereocenters. The second-order valence-corrected chi connectivity index (χ2v) is 4.12. The number of aliphatic hydroxyl groups excluding tert-OH is 1. The van der Waals surface area contributed by atoms with E-state index < -0.39 is 0 Å². The number of aliphatic hydroxyl groups is 1. The molecule has 3 unspecified atom stereocenters. The van der Waals surface area contributed by atoms with Crippen molar-refractivity contribution in [2.75, 3.05) is 0 Å². The number of rotatable bonds is 0. The number of allylic oxidation sites excluding steroid dienone is 2. The van der Waals surface area contributed by atoms with E-state index in [0.29, 0.717) is 11.8 Å². The Morgan fingerprint density at radius 2 is 2.20 bits per heavy atom. The molecule has 0 aromatic carbocycles. The summed E-state index contributed by atoms with van der Waals surface area (Å²) in [5.74, 6) is 1.21. The van der Waals surface area contributed by atoms with Crippen LogP contribution in [0.25, 0.3) is 0 Å². The average Bonchev–Trinajstić information content (AvgIpc) is 2.31. The molecule has 0 aromatic rings. The van der Waals surface area contributed by atoms with Gasteiger partial charge in [0.1, 0.15) is 0 Å². The molecule has 0 spiro atoms. The smallest absolute Gasteiger partial charge is 0.0633 e. The molecule has 1 fully saturated rings. The fourth-order valence-electron chi connectivity index (χ4n) is 2.43. The number of hydrogen-bond donors (Lipinski definition) is 1. The molecule has 10 heavy (non-hydrogen) atoms. The molecule has 1 heteroatoms. The maximum absolute atomic E-state index is 9.61. The van der Waals surface area contributed by atoms with E-state index in [4.69, 9.17) is 0 Å². The van der Waals surface area contributed by atoms with Crippen LogP contribution in [0.1, 0.15) is 20.3 Å². The van der Waals surface area contributed by atoms with Gasteiger partial charge in [-0.2, -0.15) is 0 Å². The highest BCUT2D eigenvalue weighted by atomic mass is 16.3. The van der Waals surface area contributed by atoms with Crippen LogP contribution in [0.2, 0.25) is 0 Å². The second-order valence-electron chi connectivity index (χ2n) is 4.12. The van der Waals surface area contributed by atoms with Crippen molar-refractivity contribution in [3.8, 4) is 0 Å². The summed E-state index contributed by atoms with van der Waals surface area (Å²) in [6, 6.07) is 0. The summed E-state index contributed by atoms with van der Waals surface area (Å²) in [7, 11) is 0. The van der Waals surface area contributed by atoms with Gasteiger partial charge in [-0.15, -0.1) is 0 Å². The highest BCUT2D eigenvalue weighted by Gasteiger charge is 2.55. The molecule has 0 aliphatic heterocycles. The topological polar surface area (TPSA) is 20.2 Å². The lowest BCUT2D eigenvalue weighted by Gasteiger charge is -2.52. The van der Waals surface area contributed by atoms with Crippen molar-refractivity contribution in [1.29, 1.82) is 0 Å². The Bertz CT molecular complexity index is 181. The molecule has 0 bridgehead atoms. The van der Waals surface area contributed by atoms with Gasteiger partial charge in [0.15, 0.2) is 0 Å². The maximum Gasteiger partial charge on any atom is 0.0633 e. The van der Waals surface area contributed by atoms with Crippen molar-refractivity contribution in [2.45, 2.75) is 26.4 Å². The first-order valence-electron chi connectivity index (χ1n) is 3.99. The lowest BCUT2D eigenvalue weighted by Crippen LogP contribution is -2.55. The third-order valence-corrected chi connectivity index (χ3v) is 3.24. The molecule has 0 radical (unpaired) electrons. The van der Waals surface area contributed by atoms with E-state index in [1.807, 2.05) is 0 Å². The van der Waals surface area contributed by atoms with Gasteiger partial charge in [0.25, 0.3) is 0 Å². The Kier molecular flexibility index (Phi) is 1.06. The predicted octanol–water partition coefficient (Wildman–Crippen LogP) is 1.58. The minimum Gasteiger partial charge on any atom is -0.392 e. The van der Waals surface area contributed by atoms with Crippen LogP contribution in [0.4, 0.5) is 0 Å². The SMILES string of the molecule is CC1(C)C(O)C2CC=CC21. The van der Waals surface area contributed by atoms with Crippen LogP contribution >= 0.6 is 0 Å². The molecule has 1 N–H and O–H groups in total. The molecule has 2 aliphatic rings. The lowest BCUT2D eigenvalue weighted by molar-refractivity contribution is -0.131. The molecule has 56 valence electrons. The first-order chi connectivity index (χ1) is 4.64. The lowest BCUT2D eigenvalue weighted by atomic mass is 9.55. The summed E-state index contributed by atoms with van der Waals surface area (Å²) >= 11 is 0. The van der Waals surface area contributed by atoms with Crippen LogP contribution in [-0.4, -0.2) is 11.2 Å². The molecule has 2 aliphatic carbocycles. The van der Waals surface area contributed by atoms with Crippen LogP contribution in [0.3, 0.4) is 0 Å². The zero-order valence-corrected chi connectivity index (χ0v) is 6.54. The number of hydrogen-bond acceptors (Lipinski definition) is 1. The van der Waals surface area contributed by atoms with Crippen molar-refractivity contribution < 1.29 is 5.11 Å². The van der Waals surface area contributed by atoms with Crippen LogP contribution in [0.15, 0.2) is 12.2 Å². The fraction of sp³-hybridized carbons (Fsp3) is 0.778. The Balaban J connectivity index is 2.21. The van der Waals surface area contributed by atoms with E-state index in [9.17, 15) is 5.11 Å². The van der Waals surface area contributed by atoms with Gasteiger partial charge in [-0.25, -0.2) is 0 Å². The van der Waals surface area contributed by atoms with E-state index >= 15 is 0 Å². The van der Waals surface area contributed by atoms with Gasteiger partial charge in [0.2, 0.25) is 0 Å². The van der Waals surface area contributed by atoms with Gasteiger partial charge < -0.3 is 5.11 Å². The summed E-state index contributed by atoms with van der Waals surface area (Å²) in [4.78, 5) is 0. The Morgan fingerprint density at radius 3 is 2.80 bits per heavy atom. The molecule has 0 aromatic heterocycles. The largest absolute Gasteiger partial charge is 0.392 e. The van der Waals surface area contributed by atoms with Crippen LogP contribution < -0.4 is 0 Å². The first-order valence-corrected chi connectivity index (χ1v) is 3.99. The van der Waals surface area contributed by atoms with Crippen LogP contribution in [0, 0.1) is 17.3 Å². The molecule has 0 amide bonds. The van der Waals surface area contributed by atoms with Gasteiger partial charge in [0.05, 0.1) is 6.10 Å². The van der Waals surface area contributed by atoms with E-state index in [0.717, 1.165) is 6.42 Å². The Morgan fingerprint density at radius 1 is 1.50 bits per heavy atom. The highest BCUT2D eigenvalue weighted by molar-refractivity contribution is 5.18. The van der Waals surface area contributed by atoms with E-state index in [-0.39, 0.29) is 11.5 Å². The van der Waals surface area contributed by atoms with Gasteiger partial charge in [0, 0.05) is 0 Å². The summed E-state index contributed by atoms with van der Waals surface area (Å²) < 4.78 is 0. The third-order valence-electron chi connectivity index (χ3n) is 3.24. The second kappa shape index (κ2) is 1.65. The minimum absolute atomic E-state index is 0.0625. The van der Waals surface area contributed by atoms with Crippen LogP contribution in [-0.2, 0) is 0 Å². The average molecular weight is 138 g/mol. The van der Waals surface area contributed by atoms with Crippen molar-refractivity contribution in [3.63, 3.8) is 0 Å². The Labute approximate surface area is 61.8 Å². The first kappa shape index (κ1) is 6.41. The molecule has 2 rings (SSSR count). The highest BCUT2D eigenvalue weighted by Crippen LogP contribution is 2.55. The van der Waals surface area contributed by atoms with E-state index in [1.54, 1.807) is 0 Å². The molecular formula is C9H14O. The third kappa shape index (κ3) is 0.523. The van der Waals surface area contributed by atoms with Gasteiger partial charge in [-0.1, -0.05) is 26.0 Å².